The third kappa shape index (κ3) is 8.99. The number of amides is 2. The molecule has 0 aliphatic carbocycles. The Labute approximate surface area is 187 Å². The summed E-state index contributed by atoms with van der Waals surface area (Å²) < 4.78 is 10.6. The van der Waals surface area contributed by atoms with E-state index in [9.17, 15) is 19.2 Å². The lowest BCUT2D eigenvalue weighted by molar-refractivity contribution is -0.150. The molecule has 0 saturated heterocycles. The summed E-state index contributed by atoms with van der Waals surface area (Å²) in [6.45, 7) is 2.94. The van der Waals surface area contributed by atoms with Gasteiger partial charge in [0.2, 0.25) is 11.8 Å². The van der Waals surface area contributed by atoms with E-state index in [1.54, 1.807) is 12.1 Å². The minimum atomic E-state index is -1.06. The number of hydrogen-bond acceptors (Lipinski definition) is 6. The van der Waals surface area contributed by atoms with Crippen molar-refractivity contribution in [1.29, 1.82) is 0 Å². The third-order valence-electron chi connectivity index (χ3n) is 4.52. The summed E-state index contributed by atoms with van der Waals surface area (Å²) in [7, 11) is 0. The van der Waals surface area contributed by atoms with Gasteiger partial charge >= 0.3 is 11.9 Å². The zero-order valence-electron chi connectivity index (χ0n) is 18.2. The zero-order chi connectivity index (χ0) is 23.3. The van der Waals surface area contributed by atoms with Crippen molar-refractivity contribution in [2.45, 2.75) is 52.0 Å². The lowest BCUT2D eigenvalue weighted by Crippen LogP contribution is -2.50. The number of nitrogens with one attached hydrogen (secondary N) is 2. The molecule has 0 heterocycles. The molecular formula is C24H28N2O6. The fraction of sp³-hybridized carbons (Fsp3) is 0.333. The Morgan fingerprint density at radius 3 is 1.88 bits per heavy atom. The van der Waals surface area contributed by atoms with Crippen LogP contribution in [0.4, 0.5) is 0 Å². The van der Waals surface area contributed by atoms with Crippen molar-refractivity contribution in [1.82, 2.24) is 10.6 Å². The molecule has 32 heavy (non-hydrogen) atoms. The molecule has 8 heteroatoms. The van der Waals surface area contributed by atoms with E-state index in [1.165, 1.54) is 13.8 Å². The van der Waals surface area contributed by atoms with E-state index in [0.717, 1.165) is 11.1 Å². The molecule has 2 N–H and O–H groups in total. The molecule has 2 atom stereocenters. The quantitative estimate of drug-likeness (QED) is 0.519. The molecule has 2 aromatic rings. The Balaban J connectivity index is 1.93. The van der Waals surface area contributed by atoms with Gasteiger partial charge in [-0.1, -0.05) is 60.7 Å². The maximum atomic E-state index is 12.6. The van der Waals surface area contributed by atoms with Gasteiger partial charge in [-0.15, -0.1) is 0 Å². The van der Waals surface area contributed by atoms with E-state index >= 15 is 0 Å². The summed E-state index contributed by atoms with van der Waals surface area (Å²) >= 11 is 0. The molecular weight excluding hydrogens is 412 g/mol. The molecule has 170 valence electrons. The second kappa shape index (κ2) is 12.9. The summed E-state index contributed by atoms with van der Waals surface area (Å²) in [6, 6.07) is 16.4. The van der Waals surface area contributed by atoms with Gasteiger partial charge in [-0.2, -0.15) is 0 Å². The topological polar surface area (TPSA) is 111 Å². The van der Waals surface area contributed by atoms with Crippen LogP contribution in [0, 0.1) is 0 Å². The van der Waals surface area contributed by atoms with Crippen LogP contribution in [0.15, 0.2) is 60.7 Å². The van der Waals surface area contributed by atoms with Crippen molar-refractivity contribution in [2.24, 2.45) is 0 Å². The van der Waals surface area contributed by atoms with Gasteiger partial charge in [0.1, 0.15) is 25.3 Å². The first-order valence-corrected chi connectivity index (χ1v) is 10.3. The van der Waals surface area contributed by atoms with Crippen LogP contribution in [-0.4, -0.2) is 35.8 Å². The number of carbonyl (C=O) groups excluding carboxylic acids is 4. The van der Waals surface area contributed by atoms with Crippen LogP contribution in [0.3, 0.4) is 0 Å². The Morgan fingerprint density at radius 2 is 1.34 bits per heavy atom. The first-order valence-electron chi connectivity index (χ1n) is 10.3. The molecule has 0 aliphatic heterocycles. The van der Waals surface area contributed by atoms with Crippen molar-refractivity contribution >= 4 is 23.8 Å². The predicted molar refractivity (Wildman–Crippen MR) is 117 cm³/mol. The number of ether oxygens (including phenoxy) is 2. The van der Waals surface area contributed by atoms with Crippen LogP contribution in [0.1, 0.15) is 37.8 Å². The average Bonchev–Trinajstić information content (AvgIpc) is 2.79. The maximum Gasteiger partial charge on any atom is 0.328 e. The summed E-state index contributed by atoms with van der Waals surface area (Å²) in [5.74, 6) is -2.10. The molecule has 0 spiro atoms. The van der Waals surface area contributed by atoms with Crippen molar-refractivity contribution in [2.75, 3.05) is 0 Å². The molecule has 2 aromatic carbocycles. The molecule has 0 unspecified atom stereocenters. The normalized spacial score (nSPS) is 12.2. The molecule has 2 rings (SSSR count). The van der Waals surface area contributed by atoms with Crippen LogP contribution in [0.2, 0.25) is 0 Å². The van der Waals surface area contributed by atoms with Crippen molar-refractivity contribution in [3.05, 3.63) is 71.8 Å². The summed E-state index contributed by atoms with van der Waals surface area (Å²) in [5, 5.41) is 5.00. The molecule has 2 amide bonds. The monoisotopic (exact) mass is 440 g/mol. The van der Waals surface area contributed by atoms with E-state index in [2.05, 4.69) is 10.6 Å². The number of rotatable bonds is 11. The summed E-state index contributed by atoms with van der Waals surface area (Å²) in [6.07, 6.45) is -0.0908. The van der Waals surface area contributed by atoms with Gasteiger partial charge in [0.15, 0.2) is 0 Å². The highest BCUT2D eigenvalue weighted by Gasteiger charge is 2.26. The lowest BCUT2D eigenvalue weighted by atomic mass is 10.1. The van der Waals surface area contributed by atoms with Gasteiger partial charge in [-0.25, -0.2) is 4.79 Å². The van der Waals surface area contributed by atoms with E-state index in [4.69, 9.17) is 9.47 Å². The minimum Gasteiger partial charge on any atom is -0.461 e. The van der Waals surface area contributed by atoms with Crippen molar-refractivity contribution in [3.8, 4) is 0 Å². The van der Waals surface area contributed by atoms with Crippen LogP contribution in [0.25, 0.3) is 0 Å². The van der Waals surface area contributed by atoms with Gasteiger partial charge in [0.05, 0.1) is 0 Å². The minimum absolute atomic E-state index is 0.000221. The van der Waals surface area contributed by atoms with Gasteiger partial charge in [0, 0.05) is 13.3 Å². The Kier molecular flexibility index (Phi) is 9.90. The standard InChI is InChI=1S/C24H28N2O6/c1-17(25-18(2)27)23(29)26-21(24(30)32-16-20-11-7-4-8-12-20)13-14-22(28)31-15-19-9-5-3-6-10-19/h3-12,17,21H,13-16H2,1-2H3,(H,25,27)(H,26,29)/t17-,21-/m1/s1. The number of esters is 2. The molecule has 0 aliphatic rings. The van der Waals surface area contributed by atoms with Gasteiger partial charge in [-0.3, -0.25) is 14.4 Å². The Morgan fingerprint density at radius 1 is 0.812 bits per heavy atom. The predicted octanol–water partition coefficient (Wildman–Crippen LogP) is 2.26. The smallest absolute Gasteiger partial charge is 0.328 e. The van der Waals surface area contributed by atoms with E-state index in [1.807, 2.05) is 48.5 Å². The number of benzene rings is 2. The highest BCUT2D eigenvalue weighted by molar-refractivity contribution is 5.90. The van der Waals surface area contributed by atoms with Crippen LogP contribution < -0.4 is 10.6 Å². The van der Waals surface area contributed by atoms with E-state index in [-0.39, 0.29) is 32.0 Å². The maximum absolute atomic E-state index is 12.6. The highest BCUT2D eigenvalue weighted by Crippen LogP contribution is 2.08. The van der Waals surface area contributed by atoms with Crippen LogP contribution >= 0.6 is 0 Å². The first kappa shape index (κ1) is 24.6. The van der Waals surface area contributed by atoms with Crippen LogP contribution in [-0.2, 0) is 41.9 Å². The molecule has 0 aromatic heterocycles. The van der Waals surface area contributed by atoms with E-state index in [0.29, 0.717) is 0 Å². The first-order chi connectivity index (χ1) is 15.3. The molecule has 0 saturated carbocycles. The zero-order valence-corrected chi connectivity index (χ0v) is 18.2. The van der Waals surface area contributed by atoms with Gasteiger partial charge < -0.3 is 20.1 Å². The Bertz CT molecular complexity index is 901. The SMILES string of the molecule is CC(=O)N[C@H](C)C(=O)N[C@H](CCC(=O)OCc1ccccc1)C(=O)OCc1ccccc1. The van der Waals surface area contributed by atoms with Crippen LogP contribution in [0.5, 0.6) is 0 Å². The number of hydrogen-bond donors (Lipinski definition) is 2. The second-order valence-corrected chi connectivity index (χ2v) is 7.26. The lowest BCUT2D eigenvalue weighted by Gasteiger charge is -2.20. The molecule has 0 radical (unpaired) electrons. The fourth-order valence-electron chi connectivity index (χ4n) is 2.82. The largest absolute Gasteiger partial charge is 0.461 e. The Hall–Kier alpha value is -3.68. The second-order valence-electron chi connectivity index (χ2n) is 7.26. The fourth-order valence-corrected chi connectivity index (χ4v) is 2.82. The highest BCUT2D eigenvalue weighted by atomic mass is 16.5. The average molecular weight is 440 g/mol. The van der Waals surface area contributed by atoms with Crippen molar-refractivity contribution in [3.63, 3.8) is 0 Å². The molecule has 0 bridgehead atoms. The summed E-state index contributed by atoms with van der Waals surface area (Å²) in [4.78, 5) is 48.3. The van der Waals surface area contributed by atoms with Gasteiger partial charge in [-0.05, 0) is 24.5 Å². The summed E-state index contributed by atoms with van der Waals surface area (Å²) in [5.41, 5.74) is 1.64. The third-order valence-corrected chi connectivity index (χ3v) is 4.52. The molecule has 8 nitrogen and oxygen atoms in total. The number of carbonyl (C=O) groups is 4. The van der Waals surface area contributed by atoms with E-state index < -0.39 is 29.9 Å². The molecule has 0 fully saturated rings. The van der Waals surface area contributed by atoms with Crippen molar-refractivity contribution < 1.29 is 28.7 Å². The van der Waals surface area contributed by atoms with Gasteiger partial charge in [0.25, 0.3) is 0 Å².